The predicted octanol–water partition coefficient (Wildman–Crippen LogP) is 5.39. The predicted molar refractivity (Wildman–Crippen MR) is 103 cm³/mol. The first kappa shape index (κ1) is 17.5. The SMILES string of the molecule is COc1ccc([C@@H]2SCCN2C(=O)Nc2ccc(Cl)cc2)cc1Br. The van der Waals surface area contributed by atoms with Crippen LogP contribution < -0.4 is 10.1 Å². The molecule has 0 unspecified atom stereocenters. The van der Waals surface area contributed by atoms with Gasteiger partial charge in [0.2, 0.25) is 0 Å². The van der Waals surface area contributed by atoms with Gasteiger partial charge in [0.15, 0.2) is 0 Å². The molecule has 1 heterocycles. The van der Waals surface area contributed by atoms with E-state index in [4.69, 9.17) is 16.3 Å². The number of nitrogens with one attached hydrogen (secondary N) is 1. The molecule has 24 heavy (non-hydrogen) atoms. The van der Waals surface area contributed by atoms with Crippen molar-refractivity contribution in [3.8, 4) is 5.75 Å². The van der Waals surface area contributed by atoms with E-state index in [0.717, 1.165) is 27.2 Å². The van der Waals surface area contributed by atoms with Gasteiger partial charge in [-0.1, -0.05) is 17.7 Å². The molecule has 1 saturated heterocycles. The third kappa shape index (κ3) is 3.82. The molecule has 1 N–H and O–H groups in total. The molecule has 1 atom stereocenters. The maximum atomic E-state index is 12.6. The molecule has 0 spiro atoms. The Hall–Kier alpha value is -1.37. The lowest BCUT2D eigenvalue weighted by molar-refractivity contribution is 0.214. The van der Waals surface area contributed by atoms with Gasteiger partial charge in [-0.2, -0.15) is 0 Å². The fourth-order valence-corrected chi connectivity index (χ4v) is 4.45. The summed E-state index contributed by atoms with van der Waals surface area (Å²) in [7, 11) is 1.63. The van der Waals surface area contributed by atoms with Crippen LogP contribution in [0.4, 0.5) is 10.5 Å². The fourth-order valence-electron chi connectivity index (χ4n) is 2.52. The molecule has 4 nitrogen and oxygen atoms in total. The normalized spacial score (nSPS) is 17.0. The van der Waals surface area contributed by atoms with Crippen molar-refractivity contribution < 1.29 is 9.53 Å². The van der Waals surface area contributed by atoms with Crippen LogP contribution in [0, 0.1) is 0 Å². The van der Waals surface area contributed by atoms with Gasteiger partial charge in [-0.25, -0.2) is 4.79 Å². The van der Waals surface area contributed by atoms with Crippen LogP contribution in [0.5, 0.6) is 5.75 Å². The zero-order chi connectivity index (χ0) is 17.1. The first-order valence-corrected chi connectivity index (χ1v) is 9.58. The number of thioether (sulfide) groups is 1. The Morgan fingerprint density at radius 1 is 1.33 bits per heavy atom. The maximum absolute atomic E-state index is 12.6. The molecule has 126 valence electrons. The molecule has 3 rings (SSSR count). The van der Waals surface area contributed by atoms with Crippen LogP contribution in [0.25, 0.3) is 0 Å². The molecule has 0 saturated carbocycles. The molecule has 1 fully saturated rings. The van der Waals surface area contributed by atoms with Gasteiger partial charge in [-0.3, -0.25) is 0 Å². The minimum atomic E-state index is -0.112. The number of rotatable bonds is 3. The number of halogens is 2. The Kier molecular flexibility index (Phi) is 5.58. The molecule has 0 radical (unpaired) electrons. The number of amides is 2. The zero-order valence-electron chi connectivity index (χ0n) is 13.0. The third-order valence-corrected chi connectivity index (χ3v) is 5.84. The molecule has 2 aromatic rings. The number of anilines is 1. The smallest absolute Gasteiger partial charge is 0.323 e. The number of hydrogen-bond acceptors (Lipinski definition) is 3. The average molecular weight is 428 g/mol. The lowest BCUT2D eigenvalue weighted by atomic mass is 10.2. The van der Waals surface area contributed by atoms with Crippen molar-refractivity contribution in [3.63, 3.8) is 0 Å². The highest BCUT2D eigenvalue weighted by Crippen LogP contribution is 2.40. The van der Waals surface area contributed by atoms with E-state index in [9.17, 15) is 4.79 Å². The monoisotopic (exact) mass is 426 g/mol. The summed E-state index contributed by atoms with van der Waals surface area (Å²) in [5.74, 6) is 1.68. The van der Waals surface area contributed by atoms with E-state index in [1.54, 1.807) is 43.1 Å². The molecular formula is C17H16BrClN2O2S. The molecule has 0 bridgehead atoms. The lowest BCUT2D eigenvalue weighted by Crippen LogP contribution is -2.34. The quantitative estimate of drug-likeness (QED) is 0.714. The Labute approximate surface area is 158 Å². The van der Waals surface area contributed by atoms with Crippen LogP contribution in [-0.2, 0) is 0 Å². The third-order valence-electron chi connectivity index (χ3n) is 3.71. The van der Waals surface area contributed by atoms with Gasteiger partial charge in [0, 0.05) is 23.0 Å². The van der Waals surface area contributed by atoms with Crippen molar-refractivity contribution in [2.24, 2.45) is 0 Å². The molecule has 2 aromatic carbocycles. The zero-order valence-corrected chi connectivity index (χ0v) is 16.1. The summed E-state index contributed by atoms with van der Waals surface area (Å²) in [6.07, 6.45) is 0. The minimum absolute atomic E-state index is 0.0143. The van der Waals surface area contributed by atoms with Gasteiger partial charge in [-0.05, 0) is 57.9 Å². The second-order valence-corrected chi connectivity index (χ2v) is 7.73. The first-order chi connectivity index (χ1) is 11.6. The minimum Gasteiger partial charge on any atom is -0.496 e. The highest BCUT2D eigenvalue weighted by Gasteiger charge is 2.31. The van der Waals surface area contributed by atoms with Crippen molar-refractivity contribution in [2.45, 2.75) is 5.37 Å². The number of carbonyl (C=O) groups excluding carboxylic acids is 1. The van der Waals surface area contributed by atoms with Gasteiger partial charge in [-0.15, -0.1) is 11.8 Å². The van der Waals surface area contributed by atoms with Gasteiger partial charge < -0.3 is 15.0 Å². The molecule has 2 amide bonds. The Balaban J connectivity index is 1.76. The van der Waals surface area contributed by atoms with E-state index in [1.807, 2.05) is 23.1 Å². The van der Waals surface area contributed by atoms with Crippen molar-refractivity contribution in [1.82, 2.24) is 4.90 Å². The van der Waals surface area contributed by atoms with Gasteiger partial charge in [0.1, 0.15) is 11.1 Å². The van der Waals surface area contributed by atoms with E-state index in [0.29, 0.717) is 11.6 Å². The summed E-state index contributed by atoms with van der Waals surface area (Å²) in [4.78, 5) is 14.5. The molecule has 1 aliphatic heterocycles. The fraction of sp³-hybridized carbons (Fsp3) is 0.235. The van der Waals surface area contributed by atoms with Crippen LogP contribution >= 0.6 is 39.3 Å². The van der Waals surface area contributed by atoms with Crippen LogP contribution in [0.3, 0.4) is 0 Å². The van der Waals surface area contributed by atoms with E-state index in [2.05, 4.69) is 21.2 Å². The number of hydrogen-bond donors (Lipinski definition) is 1. The van der Waals surface area contributed by atoms with Crippen LogP contribution in [0.2, 0.25) is 5.02 Å². The number of methoxy groups -OCH3 is 1. The highest BCUT2D eigenvalue weighted by molar-refractivity contribution is 9.10. The second kappa shape index (κ2) is 7.68. The lowest BCUT2D eigenvalue weighted by Gasteiger charge is -2.25. The Bertz CT molecular complexity index is 742. The second-order valence-electron chi connectivity index (χ2n) is 5.25. The number of ether oxygens (including phenoxy) is 1. The molecule has 0 aliphatic carbocycles. The standard InChI is InChI=1S/C17H16BrClN2O2S/c1-23-15-7-2-11(10-14(15)18)16-21(8-9-24-16)17(22)20-13-5-3-12(19)4-6-13/h2-7,10,16H,8-9H2,1H3,(H,20,22)/t16-/m0/s1. The number of carbonyl (C=O) groups is 1. The summed E-state index contributed by atoms with van der Waals surface area (Å²) < 4.78 is 6.15. The van der Waals surface area contributed by atoms with Gasteiger partial charge in [0.25, 0.3) is 0 Å². The summed E-state index contributed by atoms with van der Waals surface area (Å²) in [5, 5.41) is 3.56. The first-order valence-electron chi connectivity index (χ1n) is 7.36. The summed E-state index contributed by atoms with van der Waals surface area (Å²) in [5.41, 5.74) is 1.80. The van der Waals surface area contributed by atoms with Gasteiger partial charge >= 0.3 is 6.03 Å². The van der Waals surface area contributed by atoms with Crippen molar-refractivity contribution in [1.29, 1.82) is 0 Å². The summed E-state index contributed by atoms with van der Waals surface area (Å²) in [6.45, 7) is 0.707. The van der Waals surface area contributed by atoms with E-state index in [-0.39, 0.29) is 11.4 Å². The topological polar surface area (TPSA) is 41.6 Å². The van der Waals surface area contributed by atoms with Crippen molar-refractivity contribution in [2.75, 3.05) is 24.7 Å². The van der Waals surface area contributed by atoms with Crippen LogP contribution in [0.1, 0.15) is 10.9 Å². The molecular weight excluding hydrogens is 412 g/mol. The largest absolute Gasteiger partial charge is 0.496 e. The van der Waals surface area contributed by atoms with Crippen molar-refractivity contribution in [3.05, 3.63) is 57.5 Å². The van der Waals surface area contributed by atoms with Crippen LogP contribution in [-0.4, -0.2) is 30.3 Å². The van der Waals surface area contributed by atoms with Crippen LogP contribution in [0.15, 0.2) is 46.9 Å². The molecule has 1 aliphatic rings. The van der Waals surface area contributed by atoms with Crippen molar-refractivity contribution >= 4 is 51.0 Å². The van der Waals surface area contributed by atoms with Gasteiger partial charge in [0.05, 0.1) is 11.6 Å². The van der Waals surface area contributed by atoms with E-state index in [1.165, 1.54) is 0 Å². The molecule has 7 heteroatoms. The Morgan fingerprint density at radius 3 is 2.75 bits per heavy atom. The number of benzene rings is 2. The van der Waals surface area contributed by atoms with E-state index >= 15 is 0 Å². The average Bonchev–Trinajstić information content (AvgIpc) is 3.06. The number of nitrogens with zero attached hydrogens (tertiary/aromatic N) is 1. The number of urea groups is 1. The van der Waals surface area contributed by atoms with E-state index < -0.39 is 0 Å². The maximum Gasteiger partial charge on any atom is 0.323 e. The molecule has 0 aromatic heterocycles. The summed E-state index contributed by atoms with van der Waals surface area (Å²) >= 11 is 11.1. The summed E-state index contributed by atoms with van der Waals surface area (Å²) in [6, 6.07) is 12.9. The Morgan fingerprint density at radius 2 is 2.08 bits per heavy atom. The highest BCUT2D eigenvalue weighted by atomic mass is 79.9.